The number of morpholine rings is 1. The van der Waals surface area contributed by atoms with E-state index in [1.165, 1.54) is 24.6 Å². The molecule has 2 aromatic carbocycles. The van der Waals surface area contributed by atoms with Gasteiger partial charge in [-0.15, -0.1) is 0 Å². The van der Waals surface area contributed by atoms with Crippen LogP contribution in [0.1, 0.15) is 30.1 Å². The third kappa shape index (κ3) is 4.67. The average Bonchev–Trinajstić information content (AvgIpc) is 3.29. The molecule has 2 aliphatic heterocycles. The Morgan fingerprint density at radius 2 is 1.79 bits per heavy atom. The zero-order chi connectivity index (χ0) is 20.2. The van der Waals surface area contributed by atoms with Crippen molar-refractivity contribution >= 4 is 11.7 Å². The van der Waals surface area contributed by atoms with E-state index in [0.29, 0.717) is 31.8 Å². The van der Waals surface area contributed by atoms with Gasteiger partial charge in [-0.05, 0) is 48.2 Å². The number of urea groups is 1. The lowest BCUT2D eigenvalue weighted by Gasteiger charge is -2.33. The summed E-state index contributed by atoms with van der Waals surface area (Å²) in [6.45, 7) is 3.75. The van der Waals surface area contributed by atoms with E-state index in [0.717, 1.165) is 30.8 Å². The van der Waals surface area contributed by atoms with Crippen LogP contribution in [0.3, 0.4) is 0 Å². The minimum Gasteiger partial charge on any atom is -0.372 e. The van der Waals surface area contributed by atoms with E-state index in [1.807, 2.05) is 12.1 Å². The van der Waals surface area contributed by atoms with Gasteiger partial charge in [0.2, 0.25) is 0 Å². The van der Waals surface area contributed by atoms with Crippen molar-refractivity contribution in [2.45, 2.75) is 25.5 Å². The van der Waals surface area contributed by atoms with Crippen LogP contribution in [0, 0.1) is 11.6 Å². The second-order valence-corrected chi connectivity index (χ2v) is 7.50. The van der Waals surface area contributed by atoms with Gasteiger partial charge in [0, 0.05) is 31.9 Å². The standard InChI is InChI=1S/C22H25F2N3O2/c23-19-8-5-17(13-20(19)24)21-15-27(11-12-29-21)22(28)25-14-16-3-6-18(7-4-16)26-9-1-2-10-26/h3-8,13,21H,1-2,9-12,14-15H2,(H,25,28). The van der Waals surface area contributed by atoms with E-state index in [1.54, 1.807) is 4.90 Å². The van der Waals surface area contributed by atoms with Crippen molar-refractivity contribution in [1.82, 2.24) is 10.2 Å². The number of hydrogen-bond acceptors (Lipinski definition) is 3. The van der Waals surface area contributed by atoms with Crippen LogP contribution in [0.4, 0.5) is 19.3 Å². The van der Waals surface area contributed by atoms with Gasteiger partial charge >= 0.3 is 6.03 Å². The first-order valence-electron chi connectivity index (χ1n) is 10.0. The third-order valence-corrected chi connectivity index (χ3v) is 5.52. The molecule has 4 rings (SSSR count). The van der Waals surface area contributed by atoms with Gasteiger partial charge < -0.3 is 19.9 Å². The highest BCUT2D eigenvalue weighted by atomic mass is 19.2. The molecule has 1 unspecified atom stereocenters. The van der Waals surface area contributed by atoms with Gasteiger partial charge in [0.05, 0.1) is 13.2 Å². The number of amides is 2. The van der Waals surface area contributed by atoms with Crippen molar-refractivity contribution in [3.05, 3.63) is 65.2 Å². The highest BCUT2D eigenvalue weighted by Gasteiger charge is 2.26. The lowest BCUT2D eigenvalue weighted by molar-refractivity contribution is -0.0156. The molecule has 2 heterocycles. The van der Waals surface area contributed by atoms with Crippen LogP contribution in [-0.2, 0) is 11.3 Å². The van der Waals surface area contributed by atoms with Crippen molar-refractivity contribution in [2.75, 3.05) is 37.7 Å². The molecule has 29 heavy (non-hydrogen) atoms. The molecule has 2 saturated heterocycles. The fraction of sp³-hybridized carbons (Fsp3) is 0.409. The van der Waals surface area contributed by atoms with E-state index in [4.69, 9.17) is 4.74 Å². The van der Waals surface area contributed by atoms with Crippen LogP contribution in [0.2, 0.25) is 0 Å². The van der Waals surface area contributed by atoms with E-state index in [2.05, 4.69) is 22.3 Å². The highest BCUT2D eigenvalue weighted by Crippen LogP contribution is 2.24. The fourth-order valence-corrected chi connectivity index (χ4v) is 3.84. The number of carbonyl (C=O) groups is 1. The first-order chi connectivity index (χ1) is 14.1. The number of nitrogens with one attached hydrogen (secondary N) is 1. The monoisotopic (exact) mass is 401 g/mol. The minimum atomic E-state index is -0.912. The molecule has 2 aliphatic rings. The number of carbonyl (C=O) groups excluding carboxylic acids is 1. The van der Waals surface area contributed by atoms with E-state index >= 15 is 0 Å². The predicted molar refractivity (Wildman–Crippen MR) is 107 cm³/mol. The Labute approximate surface area is 169 Å². The minimum absolute atomic E-state index is 0.190. The zero-order valence-electron chi connectivity index (χ0n) is 16.2. The predicted octanol–water partition coefficient (Wildman–Crippen LogP) is 3.85. The summed E-state index contributed by atoms with van der Waals surface area (Å²) in [6.07, 6.45) is 2.01. The summed E-state index contributed by atoms with van der Waals surface area (Å²) in [6, 6.07) is 11.8. The number of hydrogen-bond donors (Lipinski definition) is 1. The highest BCUT2D eigenvalue weighted by molar-refractivity contribution is 5.74. The van der Waals surface area contributed by atoms with Gasteiger partial charge in [-0.2, -0.15) is 0 Å². The molecule has 7 heteroatoms. The number of nitrogens with zero attached hydrogens (tertiary/aromatic N) is 2. The molecule has 2 amide bonds. The second-order valence-electron chi connectivity index (χ2n) is 7.50. The number of ether oxygens (including phenoxy) is 1. The van der Waals surface area contributed by atoms with Crippen LogP contribution in [0.15, 0.2) is 42.5 Å². The lowest BCUT2D eigenvalue weighted by atomic mass is 10.1. The Hall–Kier alpha value is -2.67. The van der Waals surface area contributed by atoms with Crippen molar-refractivity contribution in [2.24, 2.45) is 0 Å². The van der Waals surface area contributed by atoms with Crippen LogP contribution in [0.5, 0.6) is 0 Å². The van der Waals surface area contributed by atoms with Crippen LogP contribution < -0.4 is 10.2 Å². The summed E-state index contributed by atoms with van der Waals surface area (Å²) in [5.41, 5.74) is 2.78. The maximum Gasteiger partial charge on any atom is 0.317 e. The Kier molecular flexibility index (Phi) is 5.94. The molecule has 2 aromatic rings. The Morgan fingerprint density at radius 1 is 1.03 bits per heavy atom. The summed E-state index contributed by atoms with van der Waals surface area (Å²) in [5.74, 6) is -1.81. The molecule has 0 aliphatic carbocycles. The van der Waals surface area contributed by atoms with Crippen molar-refractivity contribution in [1.29, 1.82) is 0 Å². The first-order valence-corrected chi connectivity index (χ1v) is 10.0. The quantitative estimate of drug-likeness (QED) is 0.847. The molecule has 2 fully saturated rings. The largest absolute Gasteiger partial charge is 0.372 e. The molecule has 0 aromatic heterocycles. The molecule has 154 valence electrons. The van der Waals surface area contributed by atoms with Crippen LogP contribution in [-0.4, -0.2) is 43.7 Å². The molecule has 0 bridgehead atoms. The molecule has 0 radical (unpaired) electrons. The second kappa shape index (κ2) is 8.78. The molecular formula is C22H25F2N3O2. The maximum absolute atomic E-state index is 13.5. The maximum atomic E-state index is 13.5. The van der Waals surface area contributed by atoms with Crippen molar-refractivity contribution in [3.8, 4) is 0 Å². The normalized spacial score (nSPS) is 19.4. The number of halogens is 2. The summed E-state index contributed by atoms with van der Waals surface area (Å²) >= 11 is 0. The van der Waals surface area contributed by atoms with E-state index < -0.39 is 17.7 Å². The molecule has 5 nitrogen and oxygen atoms in total. The Bertz CT molecular complexity index is 854. The summed E-state index contributed by atoms with van der Waals surface area (Å²) < 4.78 is 32.3. The molecule has 1 N–H and O–H groups in total. The molecule has 0 saturated carbocycles. The van der Waals surface area contributed by atoms with Gasteiger partial charge in [0.25, 0.3) is 0 Å². The van der Waals surface area contributed by atoms with Gasteiger partial charge in [0.15, 0.2) is 11.6 Å². The number of anilines is 1. The topological polar surface area (TPSA) is 44.8 Å². The SMILES string of the molecule is O=C(NCc1ccc(N2CCCC2)cc1)N1CCOC(c2ccc(F)c(F)c2)C1. The fourth-order valence-electron chi connectivity index (χ4n) is 3.84. The first kappa shape index (κ1) is 19.6. The number of rotatable bonds is 4. The Morgan fingerprint density at radius 3 is 2.52 bits per heavy atom. The smallest absolute Gasteiger partial charge is 0.317 e. The van der Waals surface area contributed by atoms with Crippen LogP contribution >= 0.6 is 0 Å². The summed E-state index contributed by atoms with van der Waals surface area (Å²) in [7, 11) is 0. The molecular weight excluding hydrogens is 376 g/mol. The lowest BCUT2D eigenvalue weighted by Crippen LogP contribution is -2.47. The van der Waals surface area contributed by atoms with Crippen LogP contribution in [0.25, 0.3) is 0 Å². The van der Waals surface area contributed by atoms with Gasteiger partial charge in [-0.3, -0.25) is 0 Å². The molecule has 1 atom stereocenters. The molecule has 0 spiro atoms. The van der Waals surface area contributed by atoms with E-state index in [-0.39, 0.29) is 6.03 Å². The van der Waals surface area contributed by atoms with Gasteiger partial charge in [-0.25, -0.2) is 13.6 Å². The number of benzene rings is 2. The zero-order valence-corrected chi connectivity index (χ0v) is 16.2. The van der Waals surface area contributed by atoms with E-state index in [9.17, 15) is 13.6 Å². The van der Waals surface area contributed by atoms with Gasteiger partial charge in [-0.1, -0.05) is 18.2 Å². The van der Waals surface area contributed by atoms with Crippen molar-refractivity contribution < 1.29 is 18.3 Å². The van der Waals surface area contributed by atoms with Gasteiger partial charge in [0.1, 0.15) is 6.10 Å². The Balaban J connectivity index is 1.31. The van der Waals surface area contributed by atoms with Crippen molar-refractivity contribution in [3.63, 3.8) is 0 Å². The summed E-state index contributed by atoms with van der Waals surface area (Å²) in [4.78, 5) is 16.6. The average molecular weight is 401 g/mol. The third-order valence-electron chi connectivity index (χ3n) is 5.52. The summed E-state index contributed by atoms with van der Waals surface area (Å²) in [5, 5.41) is 2.93.